The molecule has 5 rings (SSSR count). The van der Waals surface area contributed by atoms with Crippen LogP contribution in [0.3, 0.4) is 0 Å². The average molecular weight is 667 g/mol. The van der Waals surface area contributed by atoms with E-state index in [4.69, 9.17) is 14.2 Å². The number of carbonyl (C=O) groups is 5. The molecule has 4 N–H and O–H groups in total. The van der Waals surface area contributed by atoms with Crippen molar-refractivity contribution in [3.05, 3.63) is 47.5 Å². The molecule has 3 aliphatic rings. The minimum atomic E-state index is -0.755. The second-order valence-corrected chi connectivity index (χ2v) is 12.0. The van der Waals surface area contributed by atoms with Gasteiger partial charge in [-0.1, -0.05) is 13.8 Å². The summed E-state index contributed by atoms with van der Waals surface area (Å²) in [5, 5.41) is 18.7. The molecule has 2 aromatic carbocycles. The van der Waals surface area contributed by atoms with Gasteiger partial charge in [0.1, 0.15) is 19.3 Å². The molecule has 1 fully saturated rings. The predicted molar refractivity (Wildman–Crippen MR) is 180 cm³/mol. The lowest BCUT2D eigenvalue weighted by molar-refractivity contribution is -0.147. The highest BCUT2D eigenvalue weighted by atomic mass is 16.6. The monoisotopic (exact) mass is 666 g/mol. The van der Waals surface area contributed by atoms with Gasteiger partial charge in [-0.15, -0.1) is 0 Å². The van der Waals surface area contributed by atoms with Crippen LogP contribution in [0.2, 0.25) is 0 Å². The number of nitrogens with zero attached hydrogens (tertiary/aromatic N) is 1. The van der Waals surface area contributed by atoms with E-state index in [0.29, 0.717) is 38.8 Å². The molecular formula is C35H46N4O9. The lowest BCUT2D eigenvalue weighted by Crippen LogP contribution is -2.26. The second kappa shape index (κ2) is 18.0. The third-order valence-corrected chi connectivity index (χ3v) is 7.94. The van der Waals surface area contributed by atoms with Crippen molar-refractivity contribution in [3.63, 3.8) is 0 Å². The molecule has 3 amide bonds. The molecule has 0 saturated carbocycles. The van der Waals surface area contributed by atoms with Gasteiger partial charge >= 0.3 is 18.0 Å². The van der Waals surface area contributed by atoms with Gasteiger partial charge in [0.15, 0.2) is 6.10 Å². The first kappa shape index (κ1) is 36.2. The van der Waals surface area contributed by atoms with Crippen molar-refractivity contribution in [2.24, 2.45) is 0 Å². The van der Waals surface area contributed by atoms with Crippen LogP contribution < -0.4 is 20.9 Å². The largest absolute Gasteiger partial charge is 0.463 e. The average Bonchev–Trinajstić information content (AvgIpc) is 3.19. The predicted octanol–water partition coefficient (Wildman–Crippen LogP) is 4.71. The van der Waals surface area contributed by atoms with Crippen LogP contribution in [-0.4, -0.2) is 73.5 Å². The Labute approximate surface area is 280 Å². The van der Waals surface area contributed by atoms with Gasteiger partial charge in [0, 0.05) is 55.0 Å². The molecule has 0 radical (unpaired) electrons. The summed E-state index contributed by atoms with van der Waals surface area (Å²) in [6, 6.07) is 11.2. The van der Waals surface area contributed by atoms with E-state index in [1.807, 2.05) is 44.2 Å². The number of amides is 3. The normalized spacial score (nSPS) is 17.5. The van der Waals surface area contributed by atoms with Gasteiger partial charge in [-0.05, 0) is 86.1 Å². The van der Waals surface area contributed by atoms with E-state index in [1.165, 1.54) is 4.90 Å². The molecule has 2 atom stereocenters. The number of esters is 2. The van der Waals surface area contributed by atoms with Gasteiger partial charge in [0.25, 0.3) is 0 Å². The van der Waals surface area contributed by atoms with Crippen LogP contribution in [0.25, 0.3) is 0 Å². The van der Waals surface area contributed by atoms with Crippen LogP contribution in [0.1, 0.15) is 76.3 Å². The summed E-state index contributed by atoms with van der Waals surface area (Å²) in [6.45, 7) is 4.50. The molecule has 13 nitrogen and oxygen atoms in total. The maximum absolute atomic E-state index is 12.1. The number of aryl methyl sites for hydroxylation is 2. The van der Waals surface area contributed by atoms with Crippen molar-refractivity contribution in [1.29, 1.82) is 0 Å². The number of fused-ring (bicyclic) bond motifs is 2. The van der Waals surface area contributed by atoms with E-state index in [-0.39, 0.29) is 37.0 Å². The number of anilines is 4. The van der Waals surface area contributed by atoms with E-state index < -0.39 is 18.3 Å². The summed E-state index contributed by atoms with van der Waals surface area (Å²) in [5.41, 5.74) is 5.34. The summed E-state index contributed by atoms with van der Waals surface area (Å²) in [7, 11) is 0. The molecule has 3 heterocycles. The Balaban J connectivity index is 0.000000218. The molecule has 0 spiro atoms. The minimum absolute atomic E-state index is 0.00711. The number of aliphatic hydroxyl groups is 1. The summed E-state index contributed by atoms with van der Waals surface area (Å²) in [5.74, 6) is -0.500. The van der Waals surface area contributed by atoms with Gasteiger partial charge < -0.3 is 35.3 Å². The standard InChI is InChI=1S/C18H22N2O5.C17H24N2O4/c1-2-4-17(22)24-11-14-10-20(18(23)25-14)13-7-8-15-12(9-13)5-3-6-16(21)19-15;1-2-4-17(22)23-11-14(20)10-18-13-7-8-15-12(9-13)5-3-6-16(21)19-15/h7-9,14H,2-6,10-11H2,1H3,(H,19,21);7-9,14,18,20H,2-6,10-11H2,1H3,(H,19,21)/t2*14-/m11/s1. The summed E-state index contributed by atoms with van der Waals surface area (Å²) in [4.78, 5) is 59.5. The van der Waals surface area contributed by atoms with Crippen LogP contribution in [0.15, 0.2) is 36.4 Å². The Morgan fingerprint density at radius 2 is 1.50 bits per heavy atom. The molecule has 13 heteroatoms. The van der Waals surface area contributed by atoms with Gasteiger partial charge in [0.05, 0.1) is 6.54 Å². The number of hydrogen-bond donors (Lipinski definition) is 4. The van der Waals surface area contributed by atoms with Crippen LogP contribution in [0.4, 0.5) is 27.5 Å². The second-order valence-electron chi connectivity index (χ2n) is 12.0. The SMILES string of the molecule is CCCC(=O)OC[C@H](O)CNc1ccc2c(c1)CCCC(=O)N2.CCCC(=O)OC[C@H]1CN(c2ccc3c(c2)CCCC(=O)N3)C(=O)O1. The Bertz CT molecular complexity index is 1460. The van der Waals surface area contributed by atoms with Crippen molar-refractivity contribution in [2.45, 2.75) is 90.3 Å². The first-order valence-electron chi connectivity index (χ1n) is 16.7. The van der Waals surface area contributed by atoms with E-state index in [9.17, 15) is 29.1 Å². The number of carbonyl (C=O) groups excluding carboxylic acids is 5. The van der Waals surface area contributed by atoms with Crippen molar-refractivity contribution < 1.29 is 43.3 Å². The molecule has 0 unspecified atom stereocenters. The number of benzene rings is 2. The van der Waals surface area contributed by atoms with Crippen molar-refractivity contribution >= 4 is 52.6 Å². The minimum Gasteiger partial charge on any atom is -0.463 e. The quantitative estimate of drug-likeness (QED) is 0.184. The van der Waals surface area contributed by atoms with Crippen molar-refractivity contribution in [3.8, 4) is 0 Å². The van der Waals surface area contributed by atoms with Crippen LogP contribution in [0, 0.1) is 0 Å². The first-order chi connectivity index (χ1) is 23.1. The first-order valence-corrected chi connectivity index (χ1v) is 16.7. The molecular weight excluding hydrogens is 620 g/mol. The van der Waals surface area contributed by atoms with E-state index in [2.05, 4.69) is 16.0 Å². The van der Waals surface area contributed by atoms with Gasteiger partial charge in [0.2, 0.25) is 11.8 Å². The lowest BCUT2D eigenvalue weighted by atomic mass is 10.1. The topological polar surface area (TPSA) is 173 Å². The Morgan fingerprint density at radius 3 is 2.15 bits per heavy atom. The smallest absolute Gasteiger partial charge is 0.414 e. The zero-order valence-corrected chi connectivity index (χ0v) is 27.7. The molecule has 3 aliphatic heterocycles. The maximum Gasteiger partial charge on any atom is 0.414 e. The van der Waals surface area contributed by atoms with Gasteiger partial charge in [-0.25, -0.2) is 4.79 Å². The van der Waals surface area contributed by atoms with E-state index in [1.54, 1.807) is 6.07 Å². The van der Waals surface area contributed by atoms with Crippen molar-refractivity contribution in [2.75, 3.05) is 47.2 Å². The van der Waals surface area contributed by atoms with Crippen LogP contribution in [-0.2, 0) is 46.2 Å². The number of aliphatic hydroxyl groups excluding tert-OH is 1. The number of ether oxygens (including phenoxy) is 3. The number of nitrogens with one attached hydrogen (secondary N) is 3. The Hall–Kier alpha value is -4.65. The third kappa shape index (κ3) is 11.0. The fourth-order valence-electron chi connectivity index (χ4n) is 5.45. The van der Waals surface area contributed by atoms with Crippen molar-refractivity contribution in [1.82, 2.24) is 0 Å². The summed E-state index contributed by atoms with van der Waals surface area (Å²) < 4.78 is 15.4. The molecule has 260 valence electrons. The van der Waals surface area contributed by atoms with Gasteiger partial charge in [-0.2, -0.15) is 0 Å². The number of hydrogen-bond acceptors (Lipinski definition) is 10. The fraction of sp³-hybridized carbons (Fsp3) is 0.514. The molecule has 1 saturated heterocycles. The highest BCUT2D eigenvalue weighted by Gasteiger charge is 2.33. The summed E-state index contributed by atoms with van der Waals surface area (Å²) in [6.07, 6.45) is 4.80. The van der Waals surface area contributed by atoms with Crippen LogP contribution >= 0.6 is 0 Å². The lowest BCUT2D eigenvalue weighted by Gasteiger charge is -2.16. The highest BCUT2D eigenvalue weighted by Crippen LogP contribution is 2.30. The zero-order valence-electron chi connectivity index (χ0n) is 27.7. The number of rotatable bonds is 12. The zero-order chi connectivity index (χ0) is 34.5. The fourth-order valence-corrected chi connectivity index (χ4v) is 5.45. The number of cyclic esters (lactones) is 1. The molecule has 0 bridgehead atoms. The highest BCUT2D eigenvalue weighted by molar-refractivity contribution is 5.94. The summed E-state index contributed by atoms with van der Waals surface area (Å²) >= 11 is 0. The Kier molecular flexibility index (Phi) is 13.6. The van der Waals surface area contributed by atoms with E-state index in [0.717, 1.165) is 72.4 Å². The third-order valence-electron chi connectivity index (χ3n) is 7.94. The molecule has 0 aromatic heterocycles. The van der Waals surface area contributed by atoms with E-state index >= 15 is 0 Å². The molecule has 48 heavy (non-hydrogen) atoms. The Morgan fingerprint density at radius 1 is 0.896 bits per heavy atom. The maximum atomic E-state index is 12.1. The van der Waals surface area contributed by atoms with Gasteiger partial charge in [-0.3, -0.25) is 24.1 Å². The molecule has 0 aliphatic carbocycles. The molecule has 2 aromatic rings. The van der Waals surface area contributed by atoms with Crippen LogP contribution in [0.5, 0.6) is 0 Å².